The van der Waals surface area contributed by atoms with Gasteiger partial charge in [-0.05, 0) is 25.2 Å². The molecule has 1 N–H and O–H groups in total. The second-order valence-electron chi connectivity index (χ2n) is 5.15. The standard InChI is InChI=1S/C13H18O4S2/c14-9-6-13(18)19-11(9)5-8-3-1-2-4-10(8)17-7-12(15)16/h8,10-11H,1-7H2,(H,15,16)/t8-,10?,11-/m1/s1. The molecule has 4 nitrogen and oxygen atoms in total. The molecule has 0 bridgehead atoms. The predicted octanol–water partition coefficient (Wildman–Crippen LogP) is 2.44. The molecule has 1 saturated heterocycles. The predicted molar refractivity (Wildman–Crippen MR) is 77.6 cm³/mol. The highest BCUT2D eigenvalue weighted by Crippen LogP contribution is 2.37. The van der Waals surface area contributed by atoms with Crippen LogP contribution in [0.2, 0.25) is 0 Å². The smallest absolute Gasteiger partial charge is 0.329 e. The van der Waals surface area contributed by atoms with Crippen molar-refractivity contribution in [2.75, 3.05) is 6.61 Å². The second kappa shape index (κ2) is 6.81. The van der Waals surface area contributed by atoms with E-state index < -0.39 is 5.97 Å². The highest BCUT2D eigenvalue weighted by atomic mass is 32.2. The van der Waals surface area contributed by atoms with Gasteiger partial charge in [0.1, 0.15) is 6.61 Å². The lowest BCUT2D eigenvalue weighted by Gasteiger charge is -2.32. The maximum Gasteiger partial charge on any atom is 0.329 e. The number of ether oxygens (including phenoxy) is 1. The van der Waals surface area contributed by atoms with Gasteiger partial charge >= 0.3 is 5.97 Å². The molecule has 6 heteroatoms. The monoisotopic (exact) mass is 302 g/mol. The largest absolute Gasteiger partial charge is 0.480 e. The fourth-order valence-electron chi connectivity index (χ4n) is 2.82. The molecular weight excluding hydrogens is 284 g/mol. The van der Waals surface area contributed by atoms with E-state index in [-0.39, 0.29) is 29.7 Å². The van der Waals surface area contributed by atoms with Crippen molar-refractivity contribution in [1.29, 1.82) is 0 Å². The average molecular weight is 302 g/mol. The van der Waals surface area contributed by atoms with Crippen LogP contribution in [-0.2, 0) is 14.3 Å². The van der Waals surface area contributed by atoms with E-state index >= 15 is 0 Å². The number of thioether (sulfide) groups is 1. The molecule has 2 fully saturated rings. The number of hydrogen-bond donors (Lipinski definition) is 1. The summed E-state index contributed by atoms with van der Waals surface area (Å²) in [7, 11) is 0. The van der Waals surface area contributed by atoms with E-state index in [4.69, 9.17) is 22.1 Å². The summed E-state index contributed by atoms with van der Waals surface area (Å²) in [5.41, 5.74) is 0. The quantitative estimate of drug-likeness (QED) is 0.787. The Balaban J connectivity index is 1.90. The first kappa shape index (κ1) is 14.9. The van der Waals surface area contributed by atoms with Gasteiger partial charge in [-0.2, -0.15) is 0 Å². The Kier molecular flexibility index (Phi) is 5.36. The lowest BCUT2D eigenvalue weighted by atomic mass is 9.82. The summed E-state index contributed by atoms with van der Waals surface area (Å²) in [4.78, 5) is 22.4. The van der Waals surface area contributed by atoms with Gasteiger partial charge in [0.2, 0.25) is 0 Å². The molecule has 3 atom stereocenters. The first-order valence-corrected chi connectivity index (χ1v) is 7.90. The SMILES string of the molecule is O=C(O)COC1CCCC[C@@H]1C[C@H]1SC(=S)CC1=O. The number of aliphatic carboxylic acids is 1. The number of rotatable bonds is 5. The minimum Gasteiger partial charge on any atom is -0.480 e. The van der Waals surface area contributed by atoms with Crippen molar-refractivity contribution in [3.63, 3.8) is 0 Å². The highest BCUT2D eigenvalue weighted by Gasteiger charge is 2.35. The van der Waals surface area contributed by atoms with Crippen LogP contribution in [0.4, 0.5) is 0 Å². The number of carboxylic acids is 1. The first-order valence-electron chi connectivity index (χ1n) is 6.62. The average Bonchev–Trinajstić information content (AvgIpc) is 2.67. The third-order valence-corrected chi connectivity index (χ3v) is 5.31. The van der Waals surface area contributed by atoms with Crippen LogP contribution in [0.5, 0.6) is 0 Å². The fraction of sp³-hybridized carbons (Fsp3) is 0.769. The maximum absolute atomic E-state index is 11.8. The van der Waals surface area contributed by atoms with Gasteiger partial charge < -0.3 is 9.84 Å². The molecule has 0 aromatic heterocycles. The Labute approximate surface area is 122 Å². The summed E-state index contributed by atoms with van der Waals surface area (Å²) in [6.07, 6.45) is 5.28. The number of Topliss-reactive ketones (excluding diaryl/α,β-unsaturated/α-hetero) is 1. The number of carbonyl (C=O) groups excluding carboxylic acids is 1. The van der Waals surface area contributed by atoms with Gasteiger partial charge in [-0.1, -0.05) is 25.1 Å². The highest BCUT2D eigenvalue weighted by molar-refractivity contribution is 8.24. The zero-order valence-corrected chi connectivity index (χ0v) is 12.3. The summed E-state index contributed by atoms with van der Waals surface area (Å²) >= 11 is 6.59. The molecule has 1 unspecified atom stereocenters. The van der Waals surface area contributed by atoms with Gasteiger partial charge in [-0.25, -0.2) is 4.79 Å². The van der Waals surface area contributed by atoms with Gasteiger partial charge in [0.05, 0.1) is 15.6 Å². The van der Waals surface area contributed by atoms with Crippen LogP contribution < -0.4 is 0 Å². The third-order valence-electron chi connectivity index (χ3n) is 3.73. The summed E-state index contributed by atoms with van der Waals surface area (Å²) < 4.78 is 6.26. The zero-order chi connectivity index (χ0) is 13.8. The first-order chi connectivity index (χ1) is 9.06. The molecule has 2 aliphatic rings. The number of thiocarbonyl (C=S) groups is 1. The molecule has 19 heavy (non-hydrogen) atoms. The molecule has 0 spiro atoms. The molecule has 1 aliphatic heterocycles. The van der Waals surface area contributed by atoms with Crippen molar-refractivity contribution in [1.82, 2.24) is 0 Å². The topological polar surface area (TPSA) is 63.6 Å². The molecular formula is C13H18O4S2. The molecule has 106 valence electrons. The van der Waals surface area contributed by atoms with E-state index in [1.165, 1.54) is 11.8 Å². The normalized spacial score (nSPS) is 31.7. The van der Waals surface area contributed by atoms with Crippen LogP contribution in [-0.4, -0.2) is 39.0 Å². The summed E-state index contributed by atoms with van der Waals surface area (Å²) in [6.45, 7) is -0.245. The van der Waals surface area contributed by atoms with Crippen LogP contribution in [0.3, 0.4) is 0 Å². The number of hydrogen-bond acceptors (Lipinski definition) is 5. The Bertz CT molecular complexity index is 383. The Morgan fingerprint density at radius 3 is 2.79 bits per heavy atom. The number of carboxylic acid groups (broad SMARTS) is 1. The minimum atomic E-state index is -0.934. The molecule has 0 aromatic rings. The Morgan fingerprint density at radius 2 is 2.16 bits per heavy atom. The van der Waals surface area contributed by atoms with E-state index in [1.54, 1.807) is 0 Å². The van der Waals surface area contributed by atoms with Crippen LogP contribution in [0.1, 0.15) is 38.5 Å². The molecule has 0 aromatic carbocycles. The molecule has 1 heterocycles. The van der Waals surface area contributed by atoms with Gasteiger partial charge in [0.15, 0.2) is 5.78 Å². The van der Waals surface area contributed by atoms with Crippen molar-refractivity contribution >= 4 is 39.9 Å². The molecule has 0 radical (unpaired) electrons. The molecule has 2 rings (SSSR count). The Hall–Kier alpha value is -0.460. The van der Waals surface area contributed by atoms with Crippen molar-refractivity contribution in [2.45, 2.75) is 49.9 Å². The summed E-state index contributed by atoms with van der Waals surface area (Å²) in [6, 6.07) is 0. The van der Waals surface area contributed by atoms with Crippen molar-refractivity contribution in [3.8, 4) is 0 Å². The van der Waals surface area contributed by atoms with Crippen LogP contribution >= 0.6 is 24.0 Å². The summed E-state index contributed by atoms with van der Waals surface area (Å²) in [5.74, 6) is -0.426. The Morgan fingerprint density at radius 1 is 1.42 bits per heavy atom. The zero-order valence-electron chi connectivity index (χ0n) is 10.7. The van der Waals surface area contributed by atoms with E-state index in [0.717, 1.165) is 36.3 Å². The van der Waals surface area contributed by atoms with Crippen LogP contribution in [0.15, 0.2) is 0 Å². The lowest BCUT2D eigenvalue weighted by Crippen LogP contribution is -2.32. The van der Waals surface area contributed by atoms with Crippen LogP contribution in [0, 0.1) is 5.92 Å². The van der Waals surface area contributed by atoms with Gasteiger partial charge in [0.25, 0.3) is 0 Å². The summed E-state index contributed by atoms with van der Waals surface area (Å²) in [5, 5.41) is 8.66. The van der Waals surface area contributed by atoms with Crippen LogP contribution in [0.25, 0.3) is 0 Å². The fourth-order valence-corrected chi connectivity index (χ4v) is 4.41. The minimum absolute atomic E-state index is 0.0209. The second-order valence-corrected chi connectivity index (χ2v) is 7.19. The lowest BCUT2D eigenvalue weighted by molar-refractivity contribution is -0.146. The molecule has 1 aliphatic carbocycles. The molecule has 0 amide bonds. The van der Waals surface area contributed by atoms with Crippen molar-refractivity contribution in [2.24, 2.45) is 5.92 Å². The third kappa shape index (κ3) is 4.26. The van der Waals surface area contributed by atoms with Gasteiger partial charge in [-0.15, -0.1) is 11.8 Å². The maximum atomic E-state index is 11.8. The van der Waals surface area contributed by atoms with Crippen molar-refractivity contribution in [3.05, 3.63) is 0 Å². The molecule has 1 saturated carbocycles. The van der Waals surface area contributed by atoms with Crippen molar-refractivity contribution < 1.29 is 19.4 Å². The van der Waals surface area contributed by atoms with Gasteiger partial charge in [0, 0.05) is 6.42 Å². The van der Waals surface area contributed by atoms with E-state index in [9.17, 15) is 9.59 Å². The van der Waals surface area contributed by atoms with E-state index in [1.807, 2.05) is 0 Å². The van der Waals surface area contributed by atoms with E-state index in [2.05, 4.69) is 0 Å². The van der Waals surface area contributed by atoms with E-state index in [0.29, 0.717) is 6.42 Å². The van der Waals surface area contributed by atoms with Gasteiger partial charge in [-0.3, -0.25) is 4.79 Å². The number of carbonyl (C=O) groups is 2. The number of ketones is 1.